The Morgan fingerprint density at radius 2 is 2.20 bits per heavy atom. The van der Waals surface area contributed by atoms with Crippen LogP contribution in [0.1, 0.15) is 39.2 Å². The zero-order chi connectivity index (χ0) is 18.9. The highest BCUT2D eigenvalue weighted by molar-refractivity contribution is 5.56. The van der Waals surface area contributed by atoms with Gasteiger partial charge in [0.2, 0.25) is 0 Å². The second kappa shape index (κ2) is 9.59. The lowest BCUT2D eigenvalue weighted by Crippen LogP contribution is -2.28. The molecule has 0 spiro atoms. The van der Waals surface area contributed by atoms with Crippen LogP contribution in [0, 0.1) is 21.4 Å². The molecule has 1 saturated heterocycles. The molecule has 0 amide bonds. The number of carbonyl (C=O) groups is 1. The average Bonchev–Trinajstić information content (AvgIpc) is 3.05. The summed E-state index contributed by atoms with van der Waals surface area (Å²) in [5, 5.41) is 23.0. The van der Waals surface area contributed by atoms with Crippen molar-refractivity contribution in [3.63, 3.8) is 0 Å². The molecule has 0 saturated carbocycles. The lowest BCUT2D eigenvalue weighted by Gasteiger charge is -2.14. The van der Waals surface area contributed by atoms with Crippen molar-refractivity contribution in [3.05, 3.63) is 33.9 Å². The molecule has 136 valence electrons. The monoisotopic (exact) mass is 349 g/mol. The minimum Gasteiger partial charge on any atom is -0.490 e. The molecule has 1 unspecified atom stereocenters. The van der Waals surface area contributed by atoms with E-state index in [1.807, 2.05) is 26.8 Å². The van der Waals surface area contributed by atoms with Crippen LogP contribution in [0.15, 0.2) is 18.2 Å². The summed E-state index contributed by atoms with van der Waals surface area (Å²) >= 11 is 0. The summed E-state index contributed by atoms with van der Waals surface area (Å²) in [4.78, 5) is 19.8. The summed E-state index contributed by atoms with van der Waals surface area (Å²) < 4.78 is 10.1. The first-order valence-corrected chi connectivity index (χ1v) is 7.93. The second-order valence-corrected chi connectivity index (χ2v) is 6.45. The second-order valence-electron chi connectivity index (χ2n) is 6.45. The molecule has 0 aliphatic carbocycles. The van der Waals surface area contributed by atoms with Crippen LogP contribution in [-0.2, 0) is 9.53 Å². The maximum atomic E-state index is 10.8. The predicted octanol–water partition coefficient (Wildman–Crippen LogP) is 2.56. The van der Waals surface area contributed by atoms with Gasteiger partial charge in [-0.1, -0.05) is 6.07 Å². The number of rotatable bonds is 5. The van der Waals surface area contributed by atoms with Crippen molar-refractivity contribution in [2.45, 2.75) is 45.3 Å². The fraction of sp³-hybridized carbons (Fsp3) is 0.529. The van der Waals surface area contributed by atoms with E-state index in [4.69, 9.17) is 10.00 Å². The van der Waals surface area contributed by atoms with Crippen molar-refractivity contribution < 1.29 is 19.2 Å². The Hall–Kier alpha value is -2.66. The number of benzene rings is 1. The van der Waals surface area contributed by atoms with Gasteiger partial charge in [0.15, 0.2) is 5.56 Å². The fourth-order valence-corrected chi connectivity index (χ4v) is 2.14. The summed E-state index contributed by atoms with van der Waals surface area (Å²) in [5.74, 6) is 0.278. The average molecular weight is 349 g/mol. The van der Waals surface area contributed by atoms with E-state index in [0.717, 1.165) is 19.4 Å². The van der Waals surface area contributed by atoms with Crippen molar-refractivity contribution in [1.29, 1.82) is 5.26 Å². The van der Waals surface area contributed by atoms with Gasteiger partial charge in [-0.2, -0.15) is 5.26 Å². The first-order valence-electron chi connectivity index (χ1n) is 7.93. The minimum atomic E-state index is -0.570. The van der Waals surface area contributed by atoms with Crippen molar-refractivity contribution >= 4 is 12.2 Å². The molecular weight excluding hydrogens is 326 g/mol. The van der Waals surface area contributed by atoms with Crippen LogP contribution in [0.4, 0.5) is 5.69 Å². The minimum absolute atomic E-state index is 0.0134. The number of nitriles is 1. The van der Waals surface area contributed by atoms with Crippen molar-refractivity contribution in [2.75, 3.05) is 13.2 Å². The number of nitro benzene ring substituents is 1. The van der Waals surface area contributed by atoms with Crippen molar-refractivity contribution in [1.82, 2.24) is 5.32 Å². The molecule has 8 nitrogen and oxygen atoms in total. The molecule has 1 N–H and O–H groups in total. The van der Waals surface area contributed by atoms with E-state index in [9.17, 15) is 14.9 Å². The molecule has 0 bridgehead atoms. The number of carbonyl (C=O) groups excluding carboxylic acids is 1. The molecule has 0 aromatic heterocycles. The summed E-state index contributed by atoms with van der Waals surface area (Å²) in [6.07, 6.45) is 2.13. The zero-order valence-corrected chi connectivity index (χ0v) is 14.7. The maximum Gasteiger partial charge on any atom is 0.293 e. The molecule has 2 rings (SSSR count). The van der Waals surface area contributed by atoms with E-state index in [0.29, 0.717) is 13.1 Å². The molecule has 1 aromatic carbocycles. The maximum absolute atomic E-state index is 10.8. The van der Waals surface area contributed by atoms with Gasteiger partial charge in [0.05, 0.1) is 4.92 Å². The summed E-state index contributed by atoms with van der Waals surface area (Å²) in [6, 6.07) is 6.51. The van der Waals surface area contributed by atoms with Crippen LogP contribution in [0.25, 0.3) is 0 Å². The molecule has 1 aliphatic heterocycles. The van der Waals surface area contributed by atoms with E-state index in [1.165, 1.54) is 12.1 Å². The lowest BCUT2D eigenvalue weighted by molar-refractivity contribution is -0.385. The Kier molecular flexibility index (Phi) is 7.82. The normalized spacial score (nSPS) is 16.2. The van der Waals surface area contributed by atoms with Gasteiger partial charge in [0.1, 0.15) is 24.0 Å². The molecular formula is C17H23N3O5. The highest BCUT2D eigenvalue weighted by Gasteiger charge is 2.20. The van der Waals surface area contributed by atoms with Gasteiger partial charge in [-0.15, -0.1) is 0 Å². The van der Waals surface area contributed by atoms with Crippen LogP contribution >= 0.6 is 0 Å². The Balaban J connectivity index is 0.000000381. The van der Waals surface area contributed by atoms with Crippen molar-refractivity contribution in [3.8, 4) is 11.8 Å². The molecule has 1 fully saturated rings. The number of nitrogens with one attached hydrogen (secondary N) is 1. The largest absolute Gasteiger partial charge is 0.490 e. The Labute approximate surface area is 146 Å². The van der Waals surface area contributed by atoms with Gasteiger partial charge < -0.3 is 14.8 Å². The lowest BCUT2D eigenvalue weighted by atomic mass is 10.1. The van der Waals surface area contributed by atoms with E-state index >= 15 is 0 Å². The fourth-order valence-electron chi connectivity index (χ4n) is 2.14. The van der Waals surface area contributed by atoms with Gasteiger partial charge in [0.25, 0.3) is 12.2 Å². The highest BCUT2D eigenvalue weighted by atomic mass is 16.6. The quantitative estimate of drug-likeness (QED) is 0.493. The standard InChI is InChI=1S/C12H13N3O3.C5H10O2/c13-7-10-11(15(16)17)4-1-5-12(10)18-8-9-3-2-6-14-9;1-5(2,3)7-4-6/h1,4-5,9,14H,2-3,6,8H2;4H,1-3H3. The Bertz CT molecular complexity index is 628. The van der Waals surface area contributed by atoms with Crippen LogP contribution in [0.2, 0.25) is 0 Å². The van der Waals surface area contributed by atoms with Gasteiger partial charge in [0, 0.05) is 12.1 Å². The summed E-state index contributed by atoms with van der Waals surface area (Å²) in [6.45, 7) is 7.31. The van der Waals surface area contributed by atoms with Crippen LogP contribution < -0.4 is 10.1 Å². The highest BCUT2D eigenvalue weighted by Crippen LogP contribution is 2.27. The van der Waals surface area contributed by atoms with E-state index < -0.39 is 4.92 Å². The van der Waals surface area contributed by atoms with Gasteiger partial charge in [-0.25, -0.2) is 0 Å². The number of hydrogen-bond donors (Lipinski definition) is 1. The first kappa shape index (κ1) is 20.4. The smallest absolute Gasteiger partial charge is 0.293 e. The molecule has 1 aromatic rings. The van der Waals surface area contributed by atoms with Crippen LogP contribution in [0.5, 0.6) is 5.75 Å². The van der Waals surface area contributed by atoms with Crippen LogP contribution in [-0.4, -0.2) is 36.2 Å². The van der Waals surface area contributed by atoms with E-state index in [1.54, 1.807) is 6.07 Å². The number of nitrogens with zero attached hydrogens (tertiary/aromatic N) is 2. The Morgan fingerprint density at radius 3 is 2.64 bits per heavy atom. The topological polar surface area (TPSA) is 114 Å². The molecule has 1 aliphatic rings. The third-order valence-electron chi connectivity index (χ3n) is 3.32. The number of nitro groups is 1. The van der Waals surface area contributed by atoms with Gasteiger partial charge in [-0.05, 0) is 46.2 Å². The molecule has 1 heterocycles. The predicted molar refractivity (Wildman–Crippen MR) is 91.2 cm³/mol. The van der Waals surface area contributed by atoms with Gasteiger partial charge in [-0.3, -0.25) is 14.9 Å². The Morgan fingerprint density at radius 1 is 1.48 bits per heavy atom. The van der Waals surface area contributed by atoms with E-state index in [2.05, 4.69) is 10.1 Å². The third kappa shape index (κ3) is 7.18. The van der Waals surface area contributed by atoms with Gasteiger partial charge >= 0.3 is 0 Å². The summed E-state index contributed by atoms with van der Waals surface area (Å²) in [5.41, 5.74) is -0.545. The SMILES string of the molecule is CC(C)(C)OC=O.N#Cc1c(OCC2CCCN2)cccc1[N+](=O)[O-]. The zero-order valence-electron chi connectivity index (χ0n) is 14.7. The van der Waals surface area contributed by atoms with Crippen LogP contribution in [0.3, 0.4) is 0 Å². The molecule has 1 atom stereocenters. The number of ether oxygens (including phenoxy) is 2. The molecule has 0 radical (unpaired) electrons. The first-order chi connectivity index (χ1) is 11.8. The number of hydrogen-bond acceptors (Lipinski definition) is 7. The summed E-state index contributed by atoms with van der Waals surface area (Å²) in [7, 11) is 0. The van der Waals surface area contributed by atoms with Crippen molar-refractivity contribution in [2.24, 2.45) is 0 Å². The third-order valence-corrected chi connectivity index (χ3v) is 3.32. The molecule has 8 heteroatoms. The van der Waals surface area contributed by atoms with E-state index in [-0.39, 0.29) is 28.6 Å². The molecule has 25 heavy (non-hydrogen) atoms.